The molecule has 4 bridgehead atoms. The lowest BCUT2D eigenvalue weighted by Gasteiger charge is -2.54. The number of rotatable bonds is 3. The third-order valence-electron chi connectivity index (χ3n) is 5.69. The van der Waals surface area contributed by atoms with Gasteiger partial charge in [0.15, 0.2) is 0 Å². The summed E-state index contributed by atoms with van der Waals surface area (Å²) in [5.41, 5.74) is 0. The van der Waals surface area contributed by atoms with Gasteiger partial charge >= 0.3 is 0 Å². The molecule has 1 atom stereocenters. The van der Waals surface area contributed by atoms with Crippen LogP contribution in [0.5, 0.6) is 0 Å². The SMILES string of the molecule is C1CSC(CNC2C3CC4CC(C3)CC2C4)CS1. The molecule has 3 heteroatoms. The van der Waals surface area contributed by atoms with E-state index in [2.05, 4.69) is 28.8 Å². The van der Waals surface area contributed by atoms with Crippen molar-refractivity contribution in [2.45, 2.75) is 43.4 Å². The van der Waals surface area contributed by atoms with E-state index in [0.29, 0.717) is 0 Å². The van der Waals surface area contributed by atoms with E-state index >= 15 is 0 Å². The summed E-state index contributed by atoms with van der Waals surface area (Å²) in [5.74, 6) is 8.45. The fraction of sp³-hybridized carbons (Fsp3) is 1.00. The number of nitrogens with one attached hydrogen (secondary N) is 1. The van der Waals surface area contributed by atoms with E-state index in [1.165, 1.54) is 23.8 Å². The Morgan fingerprint density at radius 3 is 2.22 bits per heavy atom. The Morgan fingerprint density at radius 1 is 0.889 bits per heavy atom. The fourth-order valence-corrected chi connectivity index (χ4v) is 7.81. The maximum Gasteiger partial charge on any atom is 0.0263 e. The van der Waals surface area contributed by atoms with Crippen molar-refractivity contribution in [2.24, 2.45) is 23.7 Å². The van der Waals surface area contributed by atoms with E-state index in [-0.39, 0.29) is 0 Å². The molecule has 102 valence electrons. The van der Waals surface area contributed by atoms with Gasteiger partial charge in [0, 0.05) is 35.1 Å². The molecule has 0 amide bonds. The van der Waals surface area contributed by atoms with Gasteiger partial charge in [-0.1, -0.05) is 0 Å². The normalized spacial score (nSPS) is 50.7. The quantitative estimate of drug-likeness (QED) is 0.854. The van der Waals surface area contributed by atoms with Crippen LogP contribution in [-0.2, 0) is 0 Å². The van der Waals surface area contributed by atoms with Crippen LogP contribution in [0, 0.1) is 23.7 Å². The molecule has 4 aliphatic carbocycles. The van der Waals surface area contributed by atoms with Gasteiger partial charge in [0.2, 0.25) is 0 Å². The average Bonchev–Trinajstić information content (AvgIpc) is 2.38. The van der Waals surface area contributed by atoms with Crippen LogP contribution in [0.3, 0.4) is 0 Å². The van der Waals surface area contributed by atoms with Crippen molar-refractivity contribution in [3.63, 3.8) is 0 Å². The van der Waals surface area contributed by atoms with E-state index in [4.69, 9.17) is 0 Å². The summed E-state index contributed by atoms with van der Waals surface area (Å²) in [5, 5.41) is 4.89. The molecule has 0 aromatic heterocycles. The van der Waals surface area contributed by atoms with Crippen LogP contribution < -0.4 is 5.32 Å². The highest BCUT2D eigenvalue weighted by Crippen LogP contribution is 2.53. The van der Waals surface area contributed by atoms with E-state index < -0.39 is 0 Å². The summed E-state index contributed by atoms with van der Waals surface area (Å²) >= 11 is 4.36. The first-order valence-corrected chi connectivity index (χ1v) is 10.0. The zero-order valence-electron chi connectivity index (χ0n) is 11.1. The first-order chi connectivity index (χ1) is 8.88. The Hall–Kier alpha value is 0.660. The molecule has 1 nitrogen and oxygen atoms in total. The van der Waals surface area contributed by atoms with Gasteiger partial charge in [0.25, 0.3) is 0 Å². The zero-order chi connectivity index (χ0) is 11.9. The molecular weight excluding hydrogens is 258 g/mol. The molecule has 0 radical (unpaired) electrons. The third kappa shape index (κ3) is 2.35. The predicted molar refractivity (Wildman–Crippen MR) is 82.4 cm³/mol. The highest BCUT2D eigenvalue weighted by Gasteiger charge is 2.47. The minimum Gasteiger partial charge on any atom is -0.312 e. The van der Waals surface area contributed by atoms with Gasteiger partial charge in [0.1, 0.15) is 0 Å². The fourth-order valence-electron chi connectivity index (χ4n) is 5.18. The van der Waals surface area contributed by atoms with E-state index in [1.54, 1.807) is 32.1 Å². The third-order valence-corrected chi connectivity index (χ3v) is 8.54. The van der Waals surface area contributed by atoms with Crippen molar-refractivity contribution in [1.82, 2.24) is 5.32 Å². The second kappa shape index (κ2) is 5.21. The van der Waals surface area contributed by atoms with Crippen LogP contribution in [-0.4, -0.2) is 35.1 Å². The topological polar surface area (TPSA) is 12.0 Å². The summed E-state index contributed by atoms with van der Waals surface area (Å²) in [7, 11) is 0. The Labute approximate surface area is 120 Å². The minimum atomic E-state index is 0.890. The molecule has 1 N–H and O–H groups in total. The summed E-state index contributed by atoms with van der Waals surface area (Å²) in [4.78, 5) is 0. The van der Waals surface area contributed by atoms with Crippen LogP contribution in [0.25, 0.3) is 0 Å². The Kier molecular flexibility index (Phi) is 3.59. The van der Waals surface area contributed by atoms with E-state index in [1.807, 2.05) is 0 Å². The van der Waals surface area contributed by atoms with Crippen LogP contribution in [0.1, 0.15) is 32.1 Å². The zero-order valence-corrected chi connectivity index (χ0v) is 12.8. The molecule has 1 unspecified atom stereocenters. The highest BCUT2D eigenvalue weighted by atomic mass is 32.2. The second-order valence-corrected chi connectivity index (χ2v) is 9.49. The summed E-state index contributed by atoms with van der Waals surface area (Å²) in [6, 6.07) is 0.894. The molecule has 1 aliphatic heterocycles. The first-order valence-electron chi connectivity index (χ1n) is 7.81. The van der Waals surface area contributed by atoms with Gasteiger partial charge in [-0.2, -0.15) is 23.5 Å². The lowest BCUT2D eigenvalue weighted by atomic mass is 9.54. The molecule has 4 saturated carbocycles. The van der Waals surface area contributed by atoms with Crippen molar-refractivity contribution in [1.29, 1.82) is 0 Å². The predicted octanol–water partition coefficient (Wildman–Crippen LogP) is 3.25. The summed E-state index contributed by atoms with van der Waals surface area (Å²) in [6.07, 6.45) is 7.79. The Morgan fingerprint density at radius 2 is 1.61 bits per heavy atom. The molecule has 5 rings (SSSR count). The van der Waals surface area contributed by atoms with Crippen LogP contribution in [0.4, 0.5) is 0 Å². The van der Waals surface area contributed by atoms with Gasteiger partial charge < -0.3 is 5.32 Å². The van der Waals surface area contributed by atoms with Crippen molar-refractivity contribution in [2.75, 3.05) is 23.8 Å². The van der Waals surface area contributed by atoms with Gasteiger partial charge in [-0.25, -0.2) is 0 Å². The molecule has 18 heavy (non-hydrogen) atoms. The van der Waals surface area contributed by atoms with E-state index in [0.717, 1.165) is 35.0 Å². The Bertz CT molecular complexity index is 273. The number of hydrogen-bond donors (Lipinski definition) is 1. The standard InChI is InChI=1S/C15H25NS2/c1-2-18-14(9-17-1)8-16-15-12-4-10-3-11(6-12)7-13(15)5-10/h10-16H,1-9H2. The summed E-state index contributed by atoms with van der Waals surface area (Å²) in [6.45, 7) is 1.28. The monoisotopic (exact) mass is 283 g/mol. The van der Waals surface area contributed by atoms with Crippen LogP contribution in [0.15, 0.2) is 0 Å². The van der Waals surface area contributed by atoms with Crippen molar-refractivity contribution in [3.05, 3.63) is 0 Å². The number of thioether (sulfide) groups is 2. The molecule has 1 heterocycles. The van der Waals surface area contributed by atoms with Gasteiger partial charge in [0.05, 0.1) is 0 Å². The molecule has 0 aromatic rings. The molecule has 5 fully saturated rings. The molecule has 0 spiro atoms. The second-order valence-electron chi connectivity index (χ2n) is 6.93. The minimum absolute atomic E-state index is 0.890. The largest absolute Gasteiger partial charge is 0.312 e. The number of hydrogen-bond acceptors (Lipinski definition) is 3. The maximum atomic E-state index is 4.00. The average molecular weight is 284 g/mol. The Balaban J connectivity index is 1.34. The molecule has 0 aromatic carbocycles. The van der Waals surface area contributed by atoms with Crippen LogP contribution >= 0.6 is 23.5 Å². The molecule has 1 saturated heterocycles. The molecular formula is C15H25NS2. The van der Waals surface area contributed by atoms with Crippen molar-refractivity contribution in [3.8, 4) is 0 Å². The van der Waals surface area contributed by atoms with Crippen LogP contribution in [0.2, 0.25) is 0 Å². The van der Waals surface area contributed by atoms with Gasteiger partial charge in [-0.15, -0.1) is 0 Å². The lowest BCUT2D eigenvalue weighted by molar-refractivity contribution is -0.0132. The smallest absolute Gasteiger partial charge is 0.0263 e. The van der Waals surface area contributed by atoms with E-state index in [9.17, 15) is 0 Å². The van der Waals surface area contributed by atoms with Gasteiger partial charge in [-0.05, 0) is 55.8 Å². The van der Waals surface area contributed by atoms with Crippen molar-refractivity contribution < 1.29 is 0 Å². The maximum absolute atomic E-state index is 4.00. The highest BCUT2D eigenvalue weighted by molar-refractivity contribution is 8.06. The molecule has 5 aliphatic rings. The van der Waals surface area contributed by atoms with Crippen molar-refractivity contribution >= 4 is 23.5 Å². The lowest BCUT2D eigenvalue weighted by Crippen LogP contribution is -2.55. The summed E-state index contributed by atoms with van der Waals surface area (Å²) < 4.78 is 0. The van der Waals surface area contributed by atoms with Gasteiger partial charge in [-0.3, -0.25) is 0 Å². The first kappa shape index (κ1) is 12.4.